The molecule has 1 heterocycles. The van der Waals surface area contributed by atoms with Crippen molar-refractivity contribution in [1.82, 2.24) is 10.2 Å². The number of carbonyl (C=O) groups is 2. The summed E-state index contributed by atoms with van der Waals surface area (Å²) in [5.41, 5.74) is 0.738. The minimum Gasteiger partial charge on any atom is -0.383 e. The number of hydrogen-bond acceptors (Lipinski definition) is 4. The van der Waals surface area contributed by atoms with Crippen LogP contribution in [0.2, 0.25) is 5.02 Å². The summed E-state index contributed by atoms with van der Waals surface area (Å²) in [4.78, 5) is 28.2. The molecule has 0 aromatic heterocycles. The average molecular weight is 354 g/mol. The summed E-state index contributed by atoms with van der Waals surface area (Å²) in [7, 11) is 3.64. The van der Waals surface area contributed by atoms with Crippen molar-refractivity contribution in [2.24, 2.45) is 5.92 Å². The molecule has 2 rings (SSSR count). The SMILES string of the molecule is COCCN(C)CCNC(=O)C1CC(=O)N(c2cccc(Cl)c2)C1. The van der Waals surface area contributed by atoms with Crippen molar-refractivity contribution >= 4 is 29.1 Å². The monoisotopic (exact) mass is 353 g/mol. The molecule has 1 unspecified atom stereocenters. The summed E-state index contributed by atoms with van der Waals surface area (Å²) >= 11 is 5.97. The summed E-state index contributed by atoms with van der Waals surface area (Å²) in [6.07, 6.45) is 0.234. The van der Waals surface area contributed by atoms with Gasteiger partial charge in [0.05, 0.1) is 12.5 Å². The highest BCUT2D eigenvalue weighted by Crippen LogP contribution is 2.27. The summed E-state index contributed by atoms with van der Waals surface area (Å²) in [5.74, 6) is -0.441. The number of halogens is 1. The van der Waals surface area contributed by atoms with Gasteiger partial charge in [0.25, 0.3) is 0 Å². The molecule has 1 aliphatic rings. The molecule has 1 fully saturated rings. The molecule has 132 valence electrons. The van der Waals surface area contributed by atoms with E-state index in [1.807, 2.05) is 13.1 Å². The van der Waals surface area contributed by atoms with Gasteiger partial charge < -0.3 is 19.9 Å². The van der Waals surface area contributed by atoms with E-state index in [9.17, 15) is 9.59 Å². The van der Waals surface area contributed by atoms with Crippen LogP contribution in [0.25, 0.3) is 0 Å². The van der Waals surface area contributed by atoms with Gasteiger partial charge in [-0.1, -0.05) is 17.7 Å². The van der Waals surface area contributed by atoms with Gasteiger partial charge in [-0.3, -0.25) is 9.59 Å². The van der Waals surface area contributed by atoms with Gasteiger partial charge in [-0.15, -0.1) is 0 Å². The molecule has 0 aliphatic carbocycles. The highest BCUT2D eigenvalue weighted by Gasteiger charge is 2.34. The first kappa shape index (κ1) is 18.7. The molecule has 0 radical (unpaired) electrons. The molecule has 1 aromatic carbocycles. The molecule has 24 heavy (non-hydrogen) atoms. The van der Waals surface area contributed by atoms with Gasteiger partial charge in [0, 0.05) is 50.4 Å². The van der Waals surface area contributed by atoms with Crippen LogP contribution in [0.5, 0.6) is 0 Å². The molecule has 6 nitrogen and oxygen atoms in total. The highest BCUT2D eigenvalue weighted by atomic mass is 35.5. The Kier molecular flexibility index (Phi) is 7.02. The first-order valence-corrected chi connectivity index (χ1v) is 8.40. The smallest absolute Gasteiger partial charge is 0.227 e. The second-order valence-corrected chi connectivity index (χ2v) is 6.41. The van der Waals surface area contributed by atoms with Crippen molar-refractivity contribution in [2.75, 3.05) is 51.8 Å². The van der Waals surface area contributed by atoms with E-state index in [4.69, 9.17) is 16.3 Å². The lowest BCUT2D eigenvalue weighted by molar-refractivity contribution is -0.126. The van der Waals surface area contributed by atoms with Crippen molar-refractivity contribution in [2.45, 2.75) is 6.42 Å². The Hall–Kier alpha value is -1.63. The van der Waals surface area contributed by atoms with Crippen LogP contribution in [0.4, 0.5) is 5.69 Å². The second kappa shape index (κ2) is 9.01. The zero-order valence-corrected chi connectivity index (χ0v) is 14.9. The first-order chi connectivity index (χ1) is 11.5. The van der Waals surface area contributed by atoms with Crippen LogP contribution in [-0.4, -0.2) is 63.7 Å². The number of hydrogen-bond donors (Lipinski definition) is 1. The molecular weight excluding hydrogens is 330 g/mol. The van der Waals surface area contributed by atoms with E-state index in [0.717, 1.165) is 18.8 Å². The van der Waals surface area contributed by atoms with Gasteiger partial charge in [-0.2, -0.15) is 0 Å². The average Bonchev–Trinajstić information content (AvgIpc) is 2.95. The van der Waals surface area contributed by atoms with Crippen molar-refractivity contribution in [3.8, 4) is 0 Å². The van der Waals surface area contributed by atoms with Crippen LogP contribution in [-0.2, 0) is 14.3 Å². The van der Waals surface area contributed by atoms with Crippen LogP contribution in [0.3, 0.4) is 0 Å². The van der Waals surface area contributed by atoms with E-state index in [0.29, 0.717) is 24.7 Å². The Bertz CT molecular complexity index is 582. The molecule has 1 saturated heterocycles. The maximum Gasteiger partial charge on any atom is 0.227 e. The lowest BCUT2D eigenvalue weighted by atomic mass is 10.1. The third-order valence-corrected chi connectivity index (χ3v) is 4.32. The maximum atomic E-state index is 12.3. The lowest BCUT2D eigenvalue weighted by Gasteiger charge is -2.18. The van der Waals surface area contributed by atoms with Gasteiger partial charge in [0.15, 0.2) is 0 Å². The molecule has 0 saturated carbocycles. The molecule has 1 atom stereocenters. The molecule has 1 N–H and O–H groups in total. The second-order valence-electron chi connectivity index (χ2n) is 5.97. The highest BCUT2D eigenvalue weighted by molar-refractivity contribution is 6.30. The number of rotatable bonds is 8. The van der Waals surface area contributed by atoms with Gasteiger partial charge in [-0.25, -0.2) is 0 Å². The van der Waals surface area contributed by atoms with E-state index in [2.05, 4.69) is 10.2 Å². The molecule has 2 amide bonds. The maximum absolute atomic E-state index is 12.3. The normalized spacial score (nSPS) is 17.6. The topological polar surface area (TPSA) is 61.9 Å². The molecule has 0 bridgehead atoms. The van der Waals surface area contributed by atoms with Crippen molar-refractivity contribution in [3.63, 3.8) is 0 Å². The Morgan fingerprint density at radius 1 is 1.46 bits per heavy atom. The Balaban J connectivity index is 1.81. The van der Waals surface area contributed by atoms with Gasteiger partial charge in [-0.05, 0) is 25.2 Å². The van der Waals surface area contributed by atoms with Gasteiger partial charge in [0.2, 0.25) is 11.8 Å². The van der Waals surface area contributed by atoms with E-state index in [-0.39, 0.29) is 24.2 Å². The summed E-state index contributed by atoms with van der Waals surface area (Å²) < 4.78 is 5.01. The quantitative estimate of drug-likeness (QED) is 0.767. The molecular formula is C17H24ClN3O3. The fourth-order valence-electron chi connectivity index (χ4n) is 2.65. The molecule has 0 spiro atoms. The number of nitrogens with zero attached hydrogens (tertiary/aromatic N) is 2. The lowest BCUT2D eigenvalue weighted by Crippen LogP contribution is -2.38. The zero-order chi connectivity index (χ0) is 17.5. The van der Waals surface area contributed by atoms with Crippen LogP contribution >= 0.6 is 11.6 Å². The van der Waals surface area contributed by atoms with Crippen molar-refractivity contribution < 1.29 is 14.3 Å². The minimum atomic E-state index is -0.319. The number of methoxy groups -OCH3 is 1. The summed E-state index contributed by atoms with van der Waals surface area (Å²) in [6.45, 7) is 3.17. The van der Waals surface area contributed by atoms with Crippen LogP contribution in [0.1, 0.15) is 6.42 Å². The number of likely N-dealkylation sites (N-methyl/N-ethyl adjacent to an activating group) is 1. The molecule has 1 aromatic rings. The first-order valence-electron chi connectivity index (χ1n) is 8.02. The van der Waals surface area contributed by atoms with E-state index in [1.165, 1.54) is 0 Å². The number of nitrogens with one attached hydrogen (secondary N) is 1. The van der Waals surface area contributed by atoms with Gasteiger partial charge >= 0.3 is 0 Å². The third-order valence-electron chi connectivity index (χ3n) is 4.09. The standard InChI is InChI=1S/C17H24ClN3O3/c1-20(8-9-24-2)7-6-19-17(23)13-10-16(22)21(12-13)15-5-3-4-14(18)11-15/h3-5,11,13H,6-10,12H2,1-2H3,(H,19,23). The van der Waals surface area contributed by atoms with Crippen LogP contribution < -0.4 is 10.2 Å². The predicted octanol–water partition coefficient (Wildman–Crippen LogP) is 1.39. The fraction of sp³-hybridized carbons (Fsp3) is 0.529. The Labute approximate surface area is 147 Å². The van der Waals surface area contributed by atoms with Crippen LogP contribution in [0, 0.1) is 5.92 Å². The number of amides is 2. The number of benzene rings is 1. The fourth-order valence-corrected chi connectivity index (χ4v) is 2.83. The van der Waals surface area contributed by atoms with Crippen molar-refractivity contribution in [3.05, 3.63) is 29.3 Å². The third kappa shape index (κ3) is 5.19. The summed E-state index contributed by atoms with van der Waals surface area (Å²) in [6, 6.07) is 7.13. The number of ether oxygens (including phenoxy) is 1. The van der Waals surface area contributed by atoms with E-state index in [1.54, 1.807) is 30.2 Å². The number of anilines is 1. The zero-order valence-electron chi connectivity index (χ0n) is 14.1. The molecule has 1 aliphatic heterocycles. The Morgan fingerprint density at radius 2 is 2.25 bits per heavy atom. The van der Waals surface area contributed by atoms with Crippen molar-refractivity contribution in [1.29, 1.82) is 0 Å². The minimum absolute atomic E-state index is 0.0466. The number of carbonyl (C=O) groups excluding carboxylic acids is 2. The van der Waals surface area contributed by atoms with E-state index < -0.39 is 0 Å². The largest absolute Gasteiger partial charge is 0.383 e. The van der Waals surface area contributed by atoms with E-state index >= 15 is 0 Å². The molecule has 7 heteroatoms. The predicted molar refractivity (Wildman–Crippen MR) is 94.3 cm³/mol. The Morgan fingerprint density at radius 3 is 2.96 bits per heavy atom. The summed E-state index contributed by atoms with van der Waals surface area (Å²) in [5, 5.41) is 3.49. The van der Waals surface area contributed by atoms with Crippen LogP contribution in [0.15, 0.2) is 24.3 Å². The van der Waals surface area contributed by atoms with Gasteiger partial charge in [0.1, 0.15) is 0 Å².